The van der Waals surface area contributed by atoms with Crippen molar-refractivity contribution in [2.24, 2.45) is 0 Å². The van der Waals surface area contributed by atoms with E-state index in [1.165, 1.54) is 18.9 Å². The SMILES string of the molecule is COC(=O)c1ccc(Sc2cnccn2)cc1. The largest absolute Gasteiger partial charge is 0.465 e. The van der Waals surface area contributed by atoms with Crippen molar-refractivity contribution in [3.63, 3.8) is 0 Å². The van der Waals surface area contributed by atoms with Gasteiger partial charge < -0.3 is 4.74 Å². The molecule has 2 rings (SSSR count). The lowest BCUT2D eigenvalue weighted by atomic mass is 10.2. The monoisotopic (exact) mass is 246 g/mol. The molecule has 17 heavy (non-hydrogen) atoms. The second-order valence-electron chi connectivity index (χ2n) is 3.16. The van der Waals surface area contributed by atoms with E-state index < -0.39 is 0 Å². The van der Waals surface area contributed by atoms with Crippen molar-refractivity contribution in [3.8, 4) is 0 Å². The number of hydrogen-bond donors (Lipinski definition) is 0. The molecule has 1 aromatic heterocycles. The first-order valence-corrected chi connectivity index (χ1v) is 5.73. The molecule has 0 radical (unpaired) electrons. The van der Waals surface area contributed by atoms with Crippen molar-refractivity contribution in [1.82, 2.24) is 9.97 Å². The highest BCUT2D eigenvalue weighted by atomic mass is 32.2. The van der Waals surface area contributed by atoms with Gasteiger partial charge in [-0.15, -0.1) is 0 Å². The minimum atomic E-state index is -0.332. The number of esters is 1. The van der Waals surface area contributed by atoms with Gasteiger partial charge in [-0.3, -0.25) is 4.98 Å². The zero-order valence-corrected chi connectivity index (χ0v) is 9.98. The third kappa shape index (κ3) is 3.04. The highest BCUT2D eigenvalue weighted by molar-refractivity contribution is 7.99. The molecule has 5 heteroatoms. The molecular weight excluding hydrogens is 236 g/mol. The lowest BCUT2D eigenvalue weighted by molar-refractivity contribution is 0.0600. The maximum atomic E-state index is 11.2. The molecule has 2 aromatic rings. The van der Waals surface area contributed by atoms with Crippen LogP contribution >= 0.6 is 11.8 Å². The Kier molecular flexibility index (Phi) is 3.72. The summed E-state index contributed by atoms with van der Waals surface area (Å²) in [5.41, 5.74) is 0.538. The van der Waals surface area contributed by atoms with Crippen molar-refractivity contribution in [2.45, 2.75) is 9.92 Å². The van der Waals surface area contributed by atoms with Gasteiger partial charge in [-0.25, -0.2) is 9.78 Å². The molecule has 0 spiro atoms. The number of hydrogen-bond acceptors (Lipinski definition) is 5. The smallest absolute Gasteiger partial charge is 0.337 e. The van der Waals surface area contributed by atoms with E-state index in [2.05, 4.69) is 14.7 Å². The van der Waals surface area contributed by atoms with Crippen molar-refractivity contribution in [1.29, 1.82) is 0 Å². The molecule has 0 unspecified atom stereocenters. The molecule has 0 aliphatic carbocycles. The highest BCUT2D eigenvalue weighted by Crippen LogP contribution is 2.25. The summed E-state index contributed by atoms with van der Waals surface area (Å²) in [4.78, 5) is 20.4. The first kappa shape index (κ1) is 11.6. The quantitative estimate of drug-likeness (QED) is 0.778. The Balaban J connectivity index is 2.11. The van der Waals surface area contributed by atoms with Gasteiger partial charge in [0.1, 0.15) is 5.03 Å². The van der Waals surface area contributed by atoms with Crippen LogP contribution < -0.4 is 0 Å². The van der Waals surface area contributed by atoms with E-state index in [9.17, 15) is 4.79 Å². The normalized spacial score (nSPS) is 9.94. The second-order valence-corrected chi connectivity index (χ2v) is 4.26. The number of benzene rings is 1. The Labute approximate surface area is 103 Å². The van der Waals surface area contributed by atoms with E-state index >= 15 is 0 Å². The van der Waals surface area contributed by atoms with Crippen LogP contribution in [0.5, 0.6) is 0 Å². The predicted molar refractivity (Wildman–Crippen MR) is 63.9 cm³/mol. The van der Waals surface area contributed by atoms with Gasteiger partial charge in [0.05, 0.1) is 18.9 Å². The molecule has 0 atom stereocenters. The number of carbonyl (C=O) groups excluding carboxylic acids is 1. The molecule has 86 valence electrons. The summed E-state index contributed by atoms with van der Waals surface area (Å²) < 4.78 is 4.63. The van der Waals surface area contributed by atoms with Crippen LogP contribution in [-0.4, -0.2) is 23.0 Å². The molecule has 0 aliphatic heterocycles. The van der Waals surface area contributed by atoms with Crippen molar-refractivity contribution < 1.29 is 9.53 Å². The summed E-state index contributed by atoms with van der Waals surface area (Å²) in [6, 6.07) is 7.16. The highest BCUT2D eigenvalue weighted by Gasteiger charge is 2.05. The van der Waals surface area contributed by atoms with Crippen LogP contribution in [0.4, 0.5) is 0 Å². The average molecular weight is 246 g/mol. The minimum Gasteiger partial charge on any atom is -0.465 e. The predicted octanol–water partition coefficient (Wildman–Crippen LogP) is 2.41. The lowest BCUT2D eigenvalue weighted by Crippen LogP contribution is -2.00. The maximum absolute atomic E-state index is 11.2. The van der Waals surface area contributed by atoms with Crippen LogP contribution in [-0.2, 0) is 4.74 Å². The van der Waals surface area contributed by atoms with E-state index in [4.69, 9.17) is 0 Å². The fourth-order valence-electron chi connectivity index (χ4n) is 1.24. The summed E-state index contributed by atoms with van der Waals surface area (Å²) in [5.74, 6) is -0.332. The summed E-state index contributed by atoms with van der Waals surface area (Å²) in [5, 5.41) is 0.818. The average Bonchev–Trinajstić information content (AvgIpc) is 2.40. The van der Waals surface area contributed by atoms with Gasteiger partial charge in [-0.2, -0.15) is 0 Å². The van der Waals surface area contributed by atoms with Crippen molar-refractivity contribution >= 4 is 17.7 Å². The fraction of sp³-hybridized carbons (Fsp3) is 0.0833. The Morgan fingerprint density at radius 2 is 2.00 bits per heavy atom. The Morgan fingerprint density at radius 1 is 1.24 bits per heavy atom. The number of carbonyl (C=O) groups is 1. The number of rotatable bonds is 3. The molecule has 0 saturated heterocycles. The maximum Gasteiger partial charge on any atom is 0.337 e. The van der Waals surface area contributed by atoms with Crippen LogP contribution in [0, 0.1) is 0 Å². The van der Waals surface area contributed by atoms with Gasteiger partial charge in [0.25, 0.3) is 0 Å². The topological polar surface area (TPSA) is 52.1 Å². The third-order valence-electron chi connectivity index (χ3n) is 2.04. The van der Waals surface area contributed by atoms with E-state index in [-0.39, 0.29) is 5.97 Å². The van der Waals surface area contributed by atoms with E-state index in [0.717, 1.165) is 9.92 Å². The zero-order chi connectivity index (χ0) is 12.1. The van der Waals surface area contributed by atoms with Crippen molar-refractivity contribution in [2.75, 3.05) is 7.11 Å². The summed E-state index contributed by atoms with van der Waals surface area (Å²) in [6.07, 6.45) is 4.97. The van der Waals surface area contributed by atoms with E-state index in [1.54, 1.807) is 30.7 Å². The third-order valence-corrected chi connectivity index (χ3v) is 2.97. The fourth-order valence-corrected chi connectivity index (χ4v) is 1.98. The Hall–Kier alpha value is -1.88. The van der Waals surface area contributed by atoms with E-state index in [0.29, 0.717) is 5.56 Å². The standard InChI is InChI=1S/C12H10N2O2S/c1-16-12(15)9-2-4-10(5-3-9)17-11-8-13-6-7-14-11/h2-8H,1H3. The molecule has 1 aromatic carbocycles. The summed E-state index contributed by atoms with van der Waals surface area (Å²) in [7, 11) is 1.37. The Bertz CT molecular complexity index is 500. The summed E-state index contributed by atoms with van der Waals surface area (Å²) in [6.45, 7) is 0. The van der Waals surface area contributed by atoms with Gasteiger partial charge in [-0.1, -0.05) is 11.8 Å². The zero-order valence-electron chi connectivity index (χ0n) is 9.16. The molecule has 0 N–H and O–H groups in total. The molecule has 0 fully saturated rings. The summed E-state index contributed by atoms with van der Waals surface area (Å²) >= 11 is 1.49. The van der Waals surface area contributed by atoms with Crippen LogP contribution in [0.15, 0.2) is 52.8 Å². The Morgan fingerprint density at radius 3 is 2.59 bits per heavy atom. The molecule has 0 saturated carbocycles. The molecule has 4 nitrogen and oxygen atoms in total. The molecule has 0 aliphatic rings. The second kappa shape index (κ2) is 5.45. The number of aromatic nitrogens is 2. The minimum absolute atomic E-state index is 0.332. The molecule has 0 bridgehead atoms. The van der Waals surface area contributed by atoms with Gasteiger partial charge in [-0.05, 0) is 24.3 Å². The first-order chi connectivity index (χ1) is 8.29. The van der Waals surface area contributed by atoms with Crippen LogP contribution in [0.2, 0.25) is 0 Å². The lowest BCUT2D eigenvalue weighted by Gasteiger charge is -2.02. The number of ether oxygens (including phenoxy) is 1. The first-order valence-electron chi connectivity index (χ1n) is 4.92. The number of nitrogens with zero attached hydrogens (tertiary/aromatic N) is 2. The van der Waals surface area contributed by atoms with Crippen LogP contribution in [0.3, 0.4) is 0 Å². The van der Waals surface area contributed by atoms with Gasteiger partial charge >= 0.3 is 5.97 Å². The van der Waals surface area contributed by atoms with Gasteiger partial charge in [0, 0.05) is 17.3 Å². The molecule has 1 heterocycles. The van der Waals surface area contributed by atoms with Gasteiger partial charge in [0.15, 0.2) is 0 Å². The van der Waals surface area contributed by atoms with Crippen LogP contribution in [0.1, 0.15) is 10.4 Å². The van der Waals surface area contributed by atoms with Crippen LogP contribution in [0.25, 0.3) is 0 Å². The molecular formula is C12H10N2O2S. The van der Waals surface area contributed by atoms with Crippen molar-refractivity contribution in [3.05, 3.63) is 48.4 Å². The van der Waals surface area contributed by atoms with E-state index in [1.807, 2.05) is 12.1 Å². The number of methoxy groups -OCH3 is 1. The molecule has 0 amide bonds. The van der Waals surface area contributed by atoms with Gasteiger partial charge in [0.2, 0.25) is 0 Å².